The molecule has 1 aromatic rings. The molecule has 1 aromatic carbocycles. The lowest BCUT2D eigenvalue weighted by molar-refractivity contribution is -0.137. The van der Waals surface area contributed by atoms with Crippen LogP contribution in [0.1, 0.15) is 44.2 Å². The van der Waals surface area contributed by atoms with Crippen LogP contribution in [0.3, 0.4) is 0 Å². The van der Waals surface area contributed by atoms with Crippen LogP contribution in [-0.4, -0.2) is 25.0 Å². The number of benzene rings is 1. The van der Waals surface area contributed by atoms with Crippen LogP contribution in [0.2, 0.25) is 0 Å². The highest BCUT2D eigenvalue weighted by molar-refractivity contribution is 5.80. The number of rotatable bonds is 4. The summed E-state index contributed by atoms with van der Waals surface area (Å²) in [6.07, 6.45) is 4.96. The smallest absolute Gasteiger partial charge is 0.226 e. The topological polar surface area (TPSA) is 29.5 Å². The predicted octanol–water partition coefficient (Wildman–Crippen LogP) is 3.65. The van der Waals surface area contributed by atoms with Crippen molar-refractivity contribution in [3.63, 3.8) is 0 Å². The molecule has 2 aliphatic rings. The van der Waals surface area contributed by atoms with Crippen LogP contribution in [0, 0.1) is 17.8 Å². The maximum Gasteiger partial charge on any atom is 0.226 e. The van der Waals surface area contributed by atoms with Crippen molar-refractivity contribution in [3.8, 4) is 5.75 Å². The molecule has 2 saturated carbocycles. The Morgan fingerprint density at radius 2 is 2.05 bits per heavy atom. The van der Waals surface area contributed by atoms with Crippen LogP contribution >= 0.6 is 0 Å². The molecule has 0 radical (unpaired) electrons. The molecule has 2 bridgehead atoms. The van der Waals surface area contributed by atoms with E-state index < -0.39 is 0 Å². The number of hydrogen-bond donors (Lipinski definition) is 0. The van der Waals surface area contributed by atoms with E-state index >= 15 is 0 Å². The van der Waals surface area contributed by atoms with E-state index in [-0.39, 0.29) is 12.0 Å². The van der Waals surface area contributed by atoms with Gasteiger partial charge in [0.1, 0.15) is 5.75 Å². The minimum absolute atomic E-state index is 0.0489. The highest BCUT2D eigenvalue weighted by atomic mass is 16.5. The number of amides is 1. The lowest BCUT2D eigenvalue weighted by Crippen LogP contribution is -2.37. The SMILES string of the molecule is COc1ccccc1C(C)N(C)C(=O)C1CC2CCC1C2. The van der Waals surface area contributed by atoms with Crippen molar-refractivity contribution in [1.82, 2.24) is 4.90 Å². The van der Waals surface area contributed by atoms with Crippen LogP contribution < -0.4 is 4.74 Å². The van der Waals surface area contributed by atoms with Crippen molar-refractivity contribution in [2.75, 3.05) is 14.2 Å². The number of nitrogens with zero attached hydrogens (tertiary/aromatic N) is 1. The Bertz CT molecular complexity index is 528. The maximum absolute atomic E-state index is 12.8. The van der Waals surface area contributed by atoms with Crippen molar-refractivity contribution >= 4 is 5.91 Å². The summed E-state index contributed by atoms with van der Waals surface area (Å²) < 4.78 is 5.43. The quantitative estimate of drug-likeness (QED) is 0.846. The second-order valence-corrected chi connectivity index (χ2v) is 6.65. The Labute approximate surface area is 127 Å². The van der Waals surface area contributed by atoms with Gasteiger partial charge in [-0.05, 0) is 44.1 Å². The van der Waals surface area contributed by atoms with Gasteiger partial charge in [-0.25, -0.2) is 0 Å². The third-order valence-corrected chi connectivity index (χ3v) is 5.57. The largest absolute Gasteiger partial charge is 0.496 e. The molecule has 2 fully saturated rings. The van der Waals surface area contributed by atoms with Gasteiger partial charge in [-0.1, -0.05) is 24.6 Å². The van der Waals surface area contributed by atoms with E-state index in [0.29, 0.717) is 11.8 Å². The molecule has 0 spiro atoms. The van der Waals surface area contributed by atoms with Gasteiger partial charge in [-0.3, -0.25) is 4.79 Å². The van der Waals surface area contributed by atoms with Gasteiger partial charge in [0.15, 0.2) is 0 Å². The molecule has 0 heterocycles. The number of carbonyl (C=O) groups is 1. The first kappa shape index (κ1) is 14.4. The highest BCUT2D eigenvalue weighted by Crippen LogP contribution is 2.49. The van der Waals surface area contributed by atoms with Gasteiger partial charge in [-0.15, -0.1) is 0 Å². The highest BCUT2D eigenvalue weighted by Gasteiger charge is 2.44. The lowest BCUT2D eigenvalue weighted by Gasteiger charge is -2.31. The molecule has 0 N–H and O–H groups in total. The van der Waals surface area contributed by atoms with Gasteiger partial charge in [0.25, 0.3) is 0 Å². The molecule has 21 heavy (non-hydrogen) atoms. The minimum atomic E-state index is 0.0489. The number of methoxy groups -OCH3 is 1. The van der Waals surface area contributed by atoms with E-state index in [9.17, 15) is 4.79 Å². The van der Waals surface area contributed by atoms with Crippen molar-refractivity contribution in [2.45, 2.75) is 38.6 Å². The van der Waals surface area contributed by atoms with Crippen molar-refractivity contribution in [2.24, 2.45) is 17.8 Å². The summed E-state index contributed by atoms with van der Waals surface area (Å²) >= 11 is 0. The first-order valence-electron chi connectivity index (χ1n) is 8.01. The summed E-state index contributed by atoms with van der Waals surface area (Å²) in [6, 6.07) is 8.03. The number of para-hydroxylation sites is 1. The molecule has 3 heteroatoms. The summed E-state index contributed by atoms with van der Waals surface area (Å²) in [4.78, 5) is 14.8. The van der Waals surface area contributed by atoms with Gasteiger partial charge in [0.05, 0.1) is 13.2 Å². The molecule has 0 saturated heterocycles. The second-order valence-electron chi connectivity index (χ2n) is 6.65. The summed E-state index contributed by atoms with van der Waals surface area (Å²) in [5.74, 6) is 2.87. The van der Waals surface area contributed by atoms with Crippen LogP contribution in [0.4, 0.5) is 0 Å². The van der Waals surface area contributed by atoms with Crippen LogP contribution in [0.5, 0.6) is 5.75 Å². The van der Waals surface area contributed by atoms with Crippen molar-refractivity contribution in [3.05, 3.63) is 29.8 Å². The second kappa shape index (κ2) is 5.70. The van der Waals surface area contributed by atoms with E-state index in [2.05, 4.69) is 6.92 Å². The molecular weight excluding hydrogens is 262 g/mol. The Hall–Kier alpha value is -1.51. The molecule has 2 aliphatic carbocycles. The van der Waals surface area contributed by atoms with E-state index in [1.54, 1.807) is 7.11 Å². The Balaban J connectivity index is 1.75. The van der Waals surface area contributed by atoms with Crippen molar-refractivity contribution in [1.29, 1.82) is 0 Å². The molecule has 0 aliphatic heterocycles. The van der Waals surface area contributed by atoms with Crippen LogP contribution in [0.25, 0.3) is 0 Å². The Morgan fingerprint density at radius 1 is 1.29 bits per heavy atom. The first-order valence-corrected chi connectivity index (χ1v) is 8.01. The normalized spacial score (nSPS) is 28.4. The zero-order valence-electron chi connectivity index (χ0n) is 13.2. The van der Waals surface area contributed by atoms with Gasteiger partial charge in [0, 0.05) is 18.5 Å². The van der Waals surface area contributed by atoms with E-state index in [4.69, 9.17) is 4.74 Å². The average molecular weight is 287 g/mol. The van der Waals surface area contributed by atoms with Crippen LogP contribution in [-0.2, 0) is 4.79 Å². The molecule has 3 nitrogen and oxygen atoms in total. The minimum Gasteiger partial charge on any atom is -0.496 e. The molecule has 0 aromatic heterocycles. The summed E-state index contributed by atoms with van der Waals surface area (Å²) in [6.45, 7) is 2.09. The third kappa shape index (κ3) is 2.54. The monoisotopic (exact) mass is 287 g/mol. The van der Waals surface area contributed by atoms with Gasteiger partial charge >= 0.3 is 0 Å². The molecule has 114 valence electrons. The summed E-state index contributed by atoms with van der Waals surface area (Å²) in [5.41, 5.74) is 1.08. The van der Waals surface area contributed by atoms with Gasteiger partial charge in [-0.2, -0.15) is 0 Å². The molecule has 3 rings (SSSR count). The van der Waals surface area contributed by atoms with Crippen LogP contribution in [0.15, 0.2) is 24.3 Å². The average Bonchev–Trinajstić information content (AvgIpc) is 3.15. The van der Waals surface area contributed by atoms with Gasteiger partial charge in [0.2, 0.25) is 5.91 Å². The molecular formula is C18H25NO2. The molecule has 1 amide bonds. The number of carbonyl (C=O) groups excluding carboxylic acids is 1. The summed E-state index contributed by atoms with van der Waals surface area (Å²) in [7, 11) is 3.62. The maximum atomic E-state index is 12.8. The zero-order chi connectivity index (χ0) is 15.0. The lowest BCUT2D eigenvalue weighted by atomic mass is 9.87. The first-order chi connectivity index (χ1) is 10.1. The Kier molecular flexibility index (Phi) is 3.92. The van der Waals surface area contributed by atoms with Gasteiger partial charge < -0.3 is 9.64 Å². The number of ether oxygens (including phenoxy) is 1. The van der Waals surface area contributed by atoms with Crippen molar-refractivity contribution < 1.29 is 9.53 Å². The fourth-order valence-corrected chi connectivity index (χ4v) is 4.22. The predicted molar refractivity (Wildman–Crippen MR) is 83.1 cm³/mol. The summed E-state index contributed by atoms with van der Waals surface area (Å²) in [5, 5.41) is 0. The zero-order valence-corrected chi connectivity index (χ0v) is 13.2. The van der Waals surface area contributed by atoms with E-state index in [1.807, 2.05) is 36.2 Å². The molecule has 4 unspecified atom stereocenters. The third-order valence-electron chi connectivity index (χ3n) is 5.57. The van der Waals surface area contributed by atoms with E-state index in [1.165, 1.54) is 19.3 Å². The fourth-order valence-electron chi connectivity index (χ4n) is 4.22. The standard InChI is InChI=1S/C18H25NO2/c1-12(15-6-4-5-7-17(15)21-3)19(2)18(20)16-11-13-8-9-14(16)10-13/h4-7,12-14,16H,8-11H2,1-3H3. The number of hydrogen-bond acceptors (Lipinski definition) is 2. The van der Waals surface area contributed by atoms with E-state index in [0.717, 1.165) is 23.7 Å². The molecule has 4 atom stereocenters. The number of fused-ring (bicyclic) bond motifs is 2. The Morgan fingerprint density at radius 3 is 2.67 bits per heavy atom. The fraction of sp³-hybridized carbons (Fsp3) is 0.611.